The number of nitrogens with two attached hydrogens (primary N) is 1. The third kappa shape index (κ3) is 3.22. The number of rotatable bonds is 3. The van der Waals surface area contributed by atoms with Crippen molar-refractivity contribution in [2.75, 3.05) is 13.6 Å². The number of nitrogens with one attached hydrogen (secondary N) is 1. The Morgan fingerprint density at radius 3 is 2.83 bits per heavy atom. The summed E-state index contributed by atoms with van der Waals surface area (Å²) in [5, 5.41) is 2.85. The zero-order valence-electron chi connectivity index (χ0n) is 11.0. The fraction of sp³-hybridized carbons (Fsp3) is 0.846. The third-order valence-electron chi connectivity index (χ3n) is 4.06. The number of hydrogen-bond donors (Lipinski definition) is 2. The van der Waals surface area contributed by atoms with Crippen LogP contribution in [0.2, 0.25) is 0 Å². The summed E-state index contributed by atoms with van der Waals surface area (Å²) in [7, 11) is 1.77. The SMILES string of the molecule is CN1CCC(NC(=O)CC2CCCC(N)C2)C1=O. The largest absolute Gasteiger partial charge is 0.344 e. The van der Waals surface area contributed by atoms with Crippen molar-refractivity contribution in [3.63, 3.8) is 0 Å². The van der Waals surface area contributed by atoms with E-state index in [0.717, 1.165) is 38.6 Å². The van der Waals surface area contributed by atoms with Crippen molar-refractivity contribution in [3.05, 3.63) is 0 Å². The van der Waals surface area contributed by atoms with E-state index < -0.39 is 0 Å². The molecule has 1 saturated heterocycles. The second kappa shape index (κ2) is 5.69. The van der Waals surface area contributed by atoms with Crippen LogP contribution in [-0.2, 0) is 9.59 Å². The summed E-state index contributed by atoms with van der Waals surface area (Å²) in [5.41, 5.74) is 5.91. The van der Waals surface area contributed by atoms with E-state index in [4.69, 9.17) is 5.73 Å². The lowest BCUT2D eigenvalue weighted by Crippen LogP contribution is -2.41. The average molecular weight is 253 g/mol. The summed E-state index contributed by atoms with van der Waals surface area (Å²) in [5.74, 6) is 0.425. The number of hydrogen-bond acceptors (Lipinski definition) is 3. The van der Waals surface area contributed by atoms with E-state index >= 15 is 0 Å². The molecule has 1 aliphatic carbocycles. The van der Waals surface area contributed by atoms with Crippen LogP contribution < -0.4 is 11.1 Å². The zero-order chi connectivity index (χ0) is 13.1. The first kappa shape index (κ1) is 13.3. The van der Waals surface area contributed by atoms with Crippen LogP contribution in [-0.4, -0.2) is 42.4 Å². The second-order valence-corrected chi connectivity index (χ2v) is 5.67. The fourth-order valence-corrected chi connectivity index (χ4v) is 2.99. The molecule has 5 nitrogen and oxygen atoms in total. The Bertz CT molecular complexity index is 332. The number of carbonyl (C=O) groups is 2. The summed E-state index contributed by atoms with van der Waals surface area (Å²) in [4.78, 5) is 25.2. The minimum Gasteiger partial charge on any atom is -0.344 e. The first-order valence-electron chi connectivity index (χ1n) is 6.86. The van der Waals surface area contributed by atoms with Gasteiger partial charge in [0, 0.05) is 26.1 Å². The van der Waals surface area contributed by atoms with E-state index in [0.29, 0.717) is 12.3 Å². The molecule has 1 aliphatic heterocycles. The van der Waals surface area contributed by atoms with E-state index in [9.17, 15) is 9.59 Å². The molecule has 3 atom stereocenters. The van der Waals surface area contributed by atoms with Crippen LogP contribution in [0.25, 0.3) is 0 Å². The van der Waals surface area contributed by atoms with Gasteiger partial charge in [0.2, 0.25) is 11.8 Å². The lowest BCUT2D eigenvalue weighted by molar-refractivity contribution is -0.132. The van der Waals surface area contributed by atoms with Gasteiger partial charge in [0.05, 0.1) is 0 Å². The summed E-state index contributed by atoms with van der Waals surface area (Å²) >= 11 is 0. The lowest BCUT2D eigenvalue weighted by atomic mass is 9.84. The Balaban J connectivity index is 1.76. The summed E-state index contributed by atoms with van der Waals surface area (Å²) in [6.45, 7) is 0.734. The number of likely N-dealkylation sites (N-methyl/N-ethyl adjacent to an activating group) is 1. The molecule has 2 amide bonds. The van der Waals surface area contributed by atoms with Gasteiger partial charge in [-0.15, -0.1) is 0 Å². The van der Waals surface area contributed by atoms with Gasteiger partial charge < -0.3 is 16.0 Å². The number of amides is 2. The standard InChI is InChI=1S/C13H23N3O2/c1-16-6-5-11(13(16)18)15-12(17)8-9-3-2-4-10(14)7-9/h9-11H,2-8,14H2,1H3,(H,15,17). The van der Waals surface area contributed by atoms with Gasteiger partial charge in [0.25, 0.3) is 0 Å². The smallest absolute Gasteiger partial charge is 0.244 e. The molecule has 1 saturated carbocycles. The molecule has 18 heavy (non-hydrogen) atoms. The molecular weight excluding hydrogens is 230 g/mol. The maximum Gasteiger partial charge on any atom is 0.244 e. The monoisotopic (exact) mass is 253 g/mol. The summed E-state index contributed by atoms with van der Waals surface area (Å²) in [6.07, 6.45) is 5.45. The molecule has 0 bridgehead atoms. The van der Waals surface area contributed by atoms with Crippen molar-refractivity contribution < 1.29 is 9.59 Å². The maximum atomic E-state index is 11.9. The molecule has 2 rings (SSSR count). The van der Waals surface area contributed by atoms with Gasteiger partial charge in [-0.2, -0.15) is 0 Å². The Kier molecular flexibility index (Phi) is 4.22. The van der Waals surface area contributed by atoms with Crippen LogP contribution in [0.1, 0.15) is 38.5 Å². The topological polar surface area (TPSA) is 75.4 Å². The number of likely N-dealkylation sites (tertiary alicyclic amines) is 1. The summed E-state index contributed by atoms with van der Waals surface area (Å²) in [6, 6.07) is -0.0597. The first-order valence-corrected chi connectivity index (χ1v) is 6.86. The summed E-state index contributed by atoms with van der Waals surface area (Å²) < 4.78 is 0. The van der Waals surface area contributed by atoms with Crippen LogP contribution in [0, 0.1) is 5.92 Å². The predicted octanol–water partition coefficient (Wildman–Crippen LogP) is 0.241. The highest BCUT2D eigenvalue weighted by Gasteiger charge is 2.31. The highest BCUT2D eigenvalue weighted by molar-refractivity contribution is 5.89. The van der Waals surface area contributed by atoms with Crippen LogP contribution in [0.3, 0.4) is 0 Å². The molecule has 0 radical (unpaired) electrons. The molecule has 2 aliphatic rings. The second-order valence-electron chi connectivity index (χ2n) is 5.67. The molecule has 0 aromatic rings. The molecule has 1 heterocycles. The van der Waals surface area contributed by atoms with Gasteiger partial charge in [-0.3, -0.25) is 9.59 Å². The predicted molar refractivity (Wildman–Crippen MR) is 68.7 cm³/mol. The number of nitrogens with zero attached hydrogens (tertiary/aromatic N) is 1. The third-order valence-corrected chi connectivity index (χ3v) is 4.06. The van der Waals surface area contributed by atoms with Crippen molar-refractivity contribution in [1.29, 1.82) is 0 Å². The molecule has 2 fully saturated rings. The normalized spacial score (nSPS) is 32.7. The van der Waals surface area contributed by atoms with Gasteiger partial charge in [0.1, 0.15) is 6.04 Å². The van der Waals surface area contributed by atoms with Crippen LogP contribution in [0.15, 0.2) is 0 Å². The zero-order valence-corrected chi connectivity index (χ0v) is 11.0. The van der Waals surface area contributed by atoms with Crippen molar-refractivity contribution in [3.8, 4) is 0 Å². The van der Waals surface area contributed by atoms with Gasteiger partial charge >= 0.3 is 0 Å². The molecule has 0 aromatic carbocycles. The van der Waals surface area contributed by atoms with E-state index in [1.807, 2.05) is 0 Å². The minimum absolute atomic E-state index is 0.00255. The van der Waals surface area contributed by atoms with Crippen molar-refractivity contribution in [2.24, 2.45) is 11.7 Å². The van der Waals surface area contributed by atoms with Gasteiger partial charge in [-0.25, -0.2) is 0 Å². The Labute approximate surface area is 108 Å². The fourth-order valence-electron chi connectivity index (χ4n) is 2.99. The maximum absolute atomic E-state index is 11.9. The highest BCUT2D eigenvalue weighted by Crippen LogP contribution is 2.25. The van der Waals surface area contributed by atoms with Crippen molar-refractivity contribution in [2.45, 2.75) is 50.6 Å². The molecule has 3 unspecified atom stereocenters. The highest BCUT2D eigenvalue weighted by atomic mass is 16.2. The van der Waals surface area contributed by atoms with Crippen molar-refractivity contribution >= 4 is 11.8 Å². The molecule has 0 spiro atoms. The molecule has 3 N–H and O–H groups in total. The van der Waals surface area contributed by atoms with Gasteiger partial charge in [-0.05, 0) is 31.6 Å². The minimum atomic E-state index is -0.306. The van der Waals surface area contributed by atoms with Crippen molar-refractivity contribution in [1.82, 2.24) is 10.2 Å². The van der Waals surface area contributed by atoms with E-state index in [1.165, 1.54) is 0 Å². The Hall–Kier alpha value is -1.10. The van der Waals surface area contributed by atoms with Crippen LogP contribution in [0.5, 0.6) is 0 Å². The first-order chi connectivity index (χ1) is 8.56. The van der Waals surface area contributed by atoms with E-state index in [1.54, 1.807) is 11.9 Å². The van der Waals surface area contributed by atoms with E-state index in [2.05, 4.69) is 5.32 Å². The Morgan fingerprint density at radius 2 is 2.22 bits per heavy atom. The number of carbonyl (C=O) groups excluding carboxylic acids is 2. The quantitative estimate of drug-likeness (QED) is 0.756. The lowest BCUT2D eigenvalue weighted by Gasteiger charge is -2.26. The molecule has 102 valence electrons. The average Bonchev–Trinajstić information content (AvgIpc) is 2.61. The van der Waals surface area contributed by atoms with Crippen LogP contribution >= 0.6 is 0 Å². The van der Waals surface area contributed by atoms with Gasteiger partial charge in [0.15, 0.2) is 0 Å². The van der Waals surface area contributed by atoms with E-state index in [-0.39, 0.29) is 23.9 Å². The molecule has 0 aromatic heterocycles. The van der Waals surface area contributed by atoms with Gasteiger partial charge in [-0.1, -0.05) is 6.42 Å². The molecular formula is C13H23N3O2. The van der Waals surface area contributed by atoms with Crippen LogP contribution in [0.4, 0.5) is 0 Å². The molecule has 5 heteroatoms. The Morgan fingerprint density at radius 1 is 1.44 bits per heavy atom.